The highest BCUT2D eigenvalue weighted by atomic mass is 15.0. The molecule has 0 spiro atoms. The van der Waals surface area contributed by atoms with Crippen molar-refractivity contribution in [2.24, 2.45) is 12.8 Å². The van der Waals surface area contributed by atoms with E-state index in [2.05, 4.69) is 11.1 Å². The average molecular weight is 214 g/mol. The third kappa shape index (κ3) is 1.48. The van der Waals surface area contributed by atoms with Crippen molar-refractivity contribution in [2.45, 2.75) is 6.92 Å². The van der Waals surface area contributed by atoms with E-state index in [1.807, 2.05) is 30.7 Å². The lowest BCUT2D eigenvalue weighted by molar-refractivity contribution is 0.901. The number of hydrogen-bond acceptors (Lipinski definition) is 3. The summed E-state index contributed by atoms with van der Waals surface area (Å²) in [4.78, 5) is 4.50. The van der Waals surface area contributed by atoms with Crippen LogP contribution in [0.1, 0.15) is 11.4 Å². The molecule has 0 aliphatic carbocycles. The first-order chi connectivity index (χ1) is 7.67. The van der Waals surface area contributed by atoms with Crippen LogP contribution in [-0.2, 0) is 7.05 Å². The molecule has 0 unspecified atom stereocenters. The van der Waals surface area contributed by atoms with E-state index in [1.165, 1.54) is 12.4 Å². The van der Waals surface area contributed by atoms with Crippen molar-refractivity contribution in [3.05, 3.63) is 35.8 Å². The number of aryl methyl sites for hydroxylation is 2. The van der Waals surface area contributed by atoms with Crippen LogP contribution in [0.4, 0.5) is 0 Å². The highest BCUT2D eigenvalue weighted by molar-refractivity contribution is 6.07. The van der Waals surface area contributed by atoms with Gasteiger partial charge in [0.05, 0.1) is 5.69 Å². The summed E-state index contributed by atoms with van der Waals surface area (Å²) in [6.07, 6.45) is 2.61. The van der Waals surface area contributed by atoms with Gasteiger partial charge in [0.1, 0.15) is 5.65 Å². The lowest BCUT2D eigenvalue weighted by atomic mass is 10.2. The van der Waals surface area contributed by atoms with E-state index in [0.717, 1.165) is 22.4 Å². The van der Waals surface area contributed by atoms with Crippen molar-refractivity contribution in [3.8, 4) is 0 Å². The van der Waals surface area contributed by atoms with Crippen LogP contribution >= 0.6 is 0 Å². The van der Waals surface area contributed by atoms with Gasteiger partial charge in [-0.3, -0.25) is 0 Å². The molecule has 4 nitrogen and oxygen atoms in total. The van der Waals surface area contributed by atoms with Gasteiger partial charge in [-0.1, -0.05) is 0 Å². The Morgan fingerprint density at radius 2 is 2.25 bits per heavy atom. The molecule has 2 heterocycles. The highest BCUT2D eigenvalue weighted by Gasteiger charge is 2.06. The zero-order chi connectivity index (χ0) is 11.7. The standard InChI is InChI=1S/C12H14N4/c1-8-5-9-3-4-11(10(6-13)7-14)15-12(9)16(8)2/h3-7,13H,14H2,1-2H3/b10-7+,13-6?. The van der Waals surface area contributed by atoms with Gasteiger partial charge in [-0.15, -0.1) is 0 Å². The summed E-state index contributed by atoms with van der Waals surface area (Å²) < 4.78 is 2.02. The van der Waals surface area contributed by atoms with Gasteiger partial charge in [-0.2, -0.15) is 0 Å². The lowest BCUT2D eigenvalue weighted by Gasteiger charge is -2.02. The summed E-state index contributed by atoms with van der Waals surface area (Å²) >= 11 is 0. The van der Waals surface area contributed by atoms with Gasteiger partial charge in [0.25, 0.3) is 0 Å². The van der Waals surface area contributed by atoms with Crippen molar-refractivity contribution in [1.82, 2.24) is 9.55 Å². The Morgan fingerprint density at radius 3 is 2.88 bits per heavy atom. The van der Waals surface area contributed by atoms with E-state index >= 15 is 0 Å². The van der Waals surface area contributed by atoms with Crippen molar-refractivity contribution in [2.75, 3.05) is 0 Å². The number of rotatable bonds is 2. The third-order valence-corrected chi connectivity index (χ3v) is 2.75. The zero-order valence-corrected chi connectivity index (χ0v) is 9.36. The second-order valence-corrected chi connectivity index (χ2v) is 3.72. The summed E-state index contributed by atoms with van der Waals surface area (Å²) in [6.45, 7) is 2.04. The van der Waals surface area contributed by atoms with Crippen molar-refractivity contribution in [1.29, 1.82) is 5.41 Å². The highest BCUT2D eigenvalue weighted by Crippen LogP contribution is 2.19. The van der Waals surface area contributed by atoms with E-state index in [0.29, 0.717) is 5.57 Å². The maximum Gasteiger partial charge on any atom is 0.140 e. The van der Waals surface area contributed by atoms with Crippen molar-refractivity contribution >= 4 is 22.8 Å². The van der Waals surface area contributed by atoms with Crippen LogP contribution in [0.25, 0.3) is 16.6 Å². The third-order valence-electron chi connectivity index (χ3n) is 2.75. The first kappa shape index (κ1) is 10.4. The molecule has 0 fully saturated rings. The Bertz CT molecular complexity index is 578. The molecule has 0 saturated carbocycles. The fourth-order valence-corrected chi connectivity index (χ4v) is 1.70. The predicted molar refractivity (Wildman–Crippen MR) is 66.4 cm³/mol. The van der Waals surface area contributed by atoms with E-state index in [4.69, 9.17) is 11.1 Å². The number of nitrogens with two attached hydrogens (primary N) is 1. The van der Waals surface area contributed by atoms with Gasteiger partial charge in [0.2, 0.25) is 0 Å². The van der Waals surface area contributed by atoms with E-state index in [-0.39, 0.29) is 0 Å². The van der Waals surface area contributed by atoms with Crippen molar-refractivity contribution in [3.63, 3.8) is 0 Å². The maximum atomic E-state index is 7.24. The molecule has 0 aliphatic rings. The molecule has 2 aromatic rings. The largest absolute Gasteiger partial charge is 0.404 e. The minimum atomic E-state index is 0.626. The van der Waals surface area contributed by atoms with E-state index < -0.39 is 0 Å². The molecule has 4 heteroatoms. The van der Waals surface area contributed by atoms with Crippen LogP contribution in [0.5, 0.6) is 0 Å². The van der Waals surface area contributed by atoms with Gasteiger partial charge >= 0.3 is 0 Å². The van der Waals surface area contributed by atoms with Gasteiger partial charge in [-0.25, -0.2) is 4.98 Å². The van der Waals surface area contributed by atoms with Crippen LogP contribution in [0, 0.1) is 12.3 Å². The Kier molecular flexibility index (Phi) is 2.48. The van der Waals surface area contributed by atoms with E-state index in [9.17, 15) is 0 Å². The van der Waals surface area contributed by atoms with Crippen molar-refractivity contribution < 1.29 is 0 Å². The molecular weight excluding hydrogens is 200 g/mol. The average Bonchev–Trinajstić information content (AvgIpc) is 2.57. The van der Waals surface area contributed by atoms with Gasteiger partial charge < -0.3 is 15.7 Å². The molecule has 2 rings (SSSR count). The number of aromatic nitrogens is 2. The molecule has 0 saturated heterocycles. The molecule has 0 atom stereocenters. The normalized spacial score (nSPS) is 12.0. The van der Waals surface area contributed by atoms with Crippen LogP contribution < -0.4 is 5.73 Å². The fraction of sp³-hybridized carbons (Fsp3) is 0.167. The summed E-state index contributed by atoms with van der Waals surface area (Å²) in [5, 5.41) is 8.35. The molecule has 82 valence electrons. The quantitative estimate of drug-likeness (QED) is 0.749. The first-order valence-corrected chi connectivity index (χ1v) is 5.03. The van der Waals surface area contributed by atoms with E-state index in [1.54, 1.807) is 0 Å². The molecule has 0 aliphatic heterocycles. The SMILES string of the molecule is Cc1cc2ccc(/C(C=N)=C/N)nc2n1C. The Labute approximate surface area is 93.9 Å². The molecule has 0 bridgehead atoms. The van der Waals surface area contributed by atoms with Crippen LogP contribution in [0.2, 0.25) is 0 Å². The Morgan fingerprint density at radius 1 is 1.50 bits per heavy atom. The number of hydrogen-bond donors (Lipinski definition) is 2. The fourth-order valence-electron chi connectivity index (χ4n) is 1.70. The van der Waals surface area contributed by atoms with Crippen LogP contribution in [0.15, 0.2) is 24.4 Å². The number of allylic oxidation sites excluding steroid dienone is 1. The molecule has 0 aromatic carbocycles. The summed E-state index contributed by atoms with van der Waals surface area (Å²) in [5.41, 5.74) is 8.87. The van der Waals surface area contributed by atoms with Gasteiger partial charge in [0.15, 0.2) is 0 Å². The van der Waals surface area contributed by atoms with Crippen LogP contribution in [-0.4, -0.2) is 15.8 Å². The summed E-state index contributed by atoms with van der Waals surface area (Å²) in [7, 11) is 1.98. The topological polar surface area (TPSA) is 67.7 Å². The summed E-state index contributed by atoms with van der Waals surface area (Å²) in [6, 6.07) is 5.96. The zero-order valence-electron chi connectivity index (χ0n) is 9.36. The van der Waals surface area contributed by atoms with Gasteiger partial charge in [-0.05, 0) is 25.1 Å². The monoisotopic (exact) mass is 214 g/mol. The molecule has 16 heavy (non-hydrogen) atoms. The minimum Gasteiger partial charge on any atom is -0.404 e. The van der Waals surface area contributed by atoms with Gasteiger partial charge in [0, 0.05) is 36.1 Å². The lowest BCUT2D eigenvalue weighted by Crippen LogP contribution is -1.97. The smallest absolute Gasteiger partial charge is 0.140 e. The summed E-state index contributed by atoms with van der Waals surface area (Å²) in [5.74, 6) is 0. The molecule has 3 N–H and O–H groups in total. The second kappa shape index (κ2) is 3.81. The predicted octanol–water partition coefficient (Wildman–Crippen LogP) is 1.83. The second-order valence-electron chi connectivity index (χ2n) is 3.72. The molecular formula is C12H14N4. The number of pyridine rings is 1. The van der Waals surface area contributed by atoms with Crippen LogP contribution in [0.3, 0.4) is 0 Å². The first-order valence-electron chi connectivity index (χ1n) is 5.03. The minimum absolute atomic E-state index is 0.626. The molecule has 0 radical (unpaired) electrons. The number of fused-ring (bicyclic) bond motifs is 1. The number of nitrogens with one attached hydrogen (secondary N) is 1. The maximum absolute atomic E-state index is 7.24. The number of nitrogens with zero attached hydrogens (tertiary/aromatic N) is 2. The molecule has 2 aromatic heterocycles. The Hall–Kier alpha value is -2.10. The molecule has 0 amide bonds. The Balaban J connectivity index is 2.68.